The van der Waals surface area contributed by atoms with Crippen molar-refractivity contribution >= 4 is 11.8 Å². The van der Waals surface area contributed by atoms with Crippen LogP contribution >= 0.6 is 0 Å². The summed E-state index contributed by atoms with van der Waals surface area (Å²) in [4.78, 5) is 11.2. The van der Waals surface area contributed by atoms with Gasteiger partial charge in [0, 0.05) is 37.9 Å². The highest BCUT2D eigenvalue weighted by molar-refractivity contribution is 5.79. The van der Waals surface area contributed by atoms with Gasteiger partial charge in [0.15, 0.2) is 5.96 Å². The number of benzene rings is 1. The second-order valence-electron chi connectivity index (χ2n) is 6.23. The third-order valence-corrected chi connectivity index (χ3v) is 4.30. The first kappa shape index (κ1) is 22.4. The molecule has 0 amide bonds. The van der Waals surface area contributed by atoms with Crippen molar-refractivity contribution in [2.75, 3.05) is 24.5 Å². The summed E-state index contributed by atoms with van der Waals surface area (Å²) in [5.74, 6) is 1.69. The number of nitrogens with zero attached hydrogens (tertiary/aromatic N) is 3. The molecular weight excluding hydrogens is 376 g/mol. The molecule has 0 saturated carbocycles. The van der Waals surface area contributed by atoms with Crippen molar-refractivity contribution in [2.45, 2.75) is 40.5 Å². The Balaban J connectivity index is 2.01. The lowest BCUT2D eigenvalue weighted by Gasteiger charge is -2.19. The van der Waals surface area contributed by atoms with Crippen LogP contribution in [0.1, 0.15) is 31.9 Å². The first-order chi connectivity index (χ1) is 14.1. The van der Waals surface area contributed by atoms with Crippen LogP contribution in [0.3, 0.4) is 0 Å². The number of aromatic nitrogens is 1. The largest absolute Gasteiger partial charge is 0.434 e. The normalized spacial score (nSPS) is 11.4. The van der Waals surface area contributed by atoms with Crippen LogP contribution in [0.4, 0.5) is 14.6 Å². The number of guanidine groups is 1. The number of anilines is 1. The highest BCUT2D eigenvalue weighted by Crippen LogP contribution is 2.20. The minimum absolute atomic E-state index is 0.155. The fourth-order valence-corrected chi connectivity index (χ4v) is 2.80. The van der Waals surface area contributed by atoms with E-state index < -0.39 is 6.61 Å². The van der Waals surface area contributed by atoms with E-state index in [1.165, 1.54) is 6.07 Å². The maximum Gasteiger partial charge on any atom is 0.387 e. The van der Waals surface area contributed by atoms with Crippen LogP contribution in [0.2, 0.25) is 0 Å². The number of rotatable bonds is 10. The molecule has 0 unspecified atom stereocenters. The van der Waals surface area contributed by atoms with Gasteiger partial charge in [0.2, 0.25) is 0 Å². The van der Waals surface area contributed by atoms with Gasteiger partial charge in [-0.25, -0.2) is 9.98 Å². The summed E-state index contributed by atoms with van der Waals surface area (Å²) >= 11 is 0. The predicted molar refractivity (Wildman–Crippen MR) is 113 cm³/mol. The summed E-state index contributed by atoms with van der Waals surface area (Å²) < 4.78 is 29.7. The molecule has 2 rings (SSSR count). The zero-order valence-electron chi connectivity index (χ0n) is 17.2. The third-order valence-electron chi connectivity index (χ3n) is 4.30. The Morgan fingerprint density at radius 1 is 1.10 bits per heavy atom. The van der Waals surface area contributed by atoms with Gasteiger partial charge < -0.3 is 20.3 Å². The fraction of sp³-hybridized carbons (Fsp3) is 0.429. The van der Waals surface area contributed by atoms with E-state index in [9.17, 15) is 8.78 Å². The van der Waals surface area contributed by atoms with Crippen LogP contribution in [0, 0.1) is 0 Å². The van der Waals surface area contributed by atoms with Crippen molar-refractivity contribution in [3.63, 3.8) is 0 Å². The van der Waals surface area contributed by atoms with Crippen LogP contribution in [-0.4, -0.2) is 37.2 Å². The number of hydrogen-bond acceptors (Lipinski definition) is 4. The fourth-order valence-electron chi connectivity index (χ4n) is 2.80. The summed E-state index contributed by atoms with van der Waals surface area (Å²) in [6, 6.07) is 10.7. The summed E-state index contributed by atoms with van der Waals surface area (Å²) in [5.41, 5.74) is 1.61. The average molecular weight is 405 g/mol. The second kappa shape index (κ2) is 11.8. The van der Waals surface area contributed by atoms with E-state index in [4.69, 9.17) is 0 Å². The van der Waals surface area contributed by atoms with Crippen molar-refractivity contribution in [3.8, 4) is 5.75 Å². The van der Waals surface area contributed by atoms with Gasteiger partial charge in [-0.05, 0) is 38.5 Å². The molecular formula is C21H29F2N5O. The predicted octanol–water partition coefficient (Wildman–Crippen LogP) is 3.78. The summed E-state index contributed by atoms with van der Waals surface area (Å²) in [7, 11) is 0. The molecule has 1 aromatic carbocycles. The Morgan fingerprint density at radius 2 is 1.86 bits per heavy atom. The van der Waals surface area contributed by atoms with Crippen molar-refractivity contribution < 1.29 is 13.5 Å². The zero-order valence-corrected chi connectivity index (χ0v) is 17.2. The topological polar surface area (TPSA) is 61.8 Å². The minimum Gasteiger partial charge on any atom is -0.434 e. The molecule has 29 heavy (non-hydrogen) atoms. The van der Waals surface area contributed by atoms with Crippen molar-refractivity contribution in [1.82, 2.24) is 15.6 Å². The Hall–Kier alpha value is -2.90. The monoisotopic (exact) mass is 405 g/mol. The molecule has 0 fully saturated rings. The van der Waals surface area contributed by atoms with Gasteiger partial charge in [0.1, 0.15) is 11.6 Å². The lowest BCUT2D eigenvalue weighted by atomic mass is 10.2. The molecule has 0 aliphatic rings. The molecule has 0 atom stereocenters. The number of halogens is 2. The Kier molecular flexibility index (Phi) is 9.14. The molecule has 1 heterocycles. The Morgan fingerprint density at radius 3 is 2.48 bits per heavy atom. The van der Waals surface area contributed by atoms with Gasteiger partial charge in [-0.3, -0.25) is 0 Å². The third kappa shape index (κ3) is 7.21. The highest BCUT2D eigenvalue weighted by atomic mass is 19.3. The number of para-hydroxylation sites is 1. The maximum absolute atomic E-state index is 12.6. The van der Waals surface area contributed by atoms with Crippen molar-refractivity contribution in [3.05, 3.63) is 53.7 Å². The zero-order chi connectivity index (χ0) is 21.1. The van der Waals surface area contributed by atoms with E-state index in [0.717, 1.165) is 24.5 Å². The lowest BCUT2D eigenvalue weighted by Crippen LogP contribution is -2.36. The van der Waals surface area contributed by atoms with Gasteiger partial charge in [-0.2, -0.15) is 8.78 Å². The molecule has 6 nitrogen and oxygen atoms in total. The molecule has 1 aromatic heterocycles. The Bertz CT molecular complexity index is 764. The SMILES string of the molecule is CCNC(=NCc1ccc(N(CC)CC)nc1)NCc1ccccc1OC(F)F. The van der Waals surface area contributed by atoms with Gasteiger partial charge in [0.05, 0.1) is 6.54 Å². The van der Waals surface area contributed by atoms with Crippen LogP contribution < -0.4 is 20.3 Å². The van der Waals surface area contributed by atoms with Gasteiger partial charge >= 0.3 is 6.61 Å². The van der Waals surface area contributed by atoms with Crippen LogP contribution in [-0.2, 0) is 13.1 Å². The van der Waals surface area contributed by atoms with Gasteiger partial charge in [-0.15, -0.1) is 0 Å². The average Bonchev–Trinajstić information content (AvgIpc) is 2.72. The van der Waals surface area contributed by atoms with E-state index in [1.54, 1.807) is 18.2 Å². The quantitative estimate of drug-likeness (QED) is 0.465. The number of hydrogen-bond donors (Lipinski definition) is 2. The first-order valence-electron chi connectivity index (χ1n) is 9.82. The number of nitrogens with one attached hydrogen (secondary N) is 2. The number of pyridine rings is 1. The van der Waals surface area contributed by atoms with E-state index in [1.807, 2.05) is 25.3 Å². The first-order valence-corrected chi connectivity index (χ1v) is 9.82. The molecule has 0 bridgehead atoms. The van der Waals surface area contributed by atoms with Crippen LogP contribution in [0.25, 0.3) is 0 Å². The van der Waals surface area contributed by atoms with Crippen molar-refractivity contribution in [2.24, 2.45) is 4.99 Å². The minimum atomic E-state index is -2.86. The van der Waals surface area contributed by atoms with E-state index >= 15 is 0 Å². The van der Waals surface area contributed by atoms with E-state index in [-0.39, 0.29) is 5.75 Å². The number of ether oxygens (including phenoxy) is 1. The summed E-state index contributed by atoms with van der Waals surface area (Å²) in [5, 5.41) is 6.31. The maximum atomic E-state index is 12.6. The molecule has 2 aromatic rings. The molecule has 8 heteroatoms. The lowest BCUT2D eigenvalue weighted by molar-refractivity contribution is -0.0504. The molecule has 0 radical (unpaired) electrons. The molecule has 2 N–H and O–H groups in total. The molecule has 0 saturated heterocycles. The van der Waals surface area contributed by atoms with Crippen molar-refractivity contribution in [1.29, 1.82) is 0 Å². The standard InChI is InChI=1S/C21H29F2N5O/c1-4-24-21(27-15-17-9-7-8-10-18(17)29-20(22)23)26-14-16-11-12-19(25-13-16)28(5-2)6-3/h7-13,20H,4-6,14-15H2,1-3H3,(H2,24,26,27). The van der Waals surface area contributed by atoms with Crippen LogP contribution in [0.5, 0.6) is 5.75 Å². The highest BCUT2D eigenvalue weighted by Gasteiger charge is 2.09. The van der Waals surface area contributed by atoms with E-state index in [0.29, 0.717) is 31.2 Å². The smallest absolute Gasteiger partial charge is 0.387 e. The summed E-state index contributed by atoms with van der Waals surface area (Å²) in [6.45, 7) is 6.57. The number of aliphatic imine (C=N–C) groups is 1. The molecule has 158 valence electrons. The van der Waals surface area contributed by atoms with Crippen LogP contribution in [0.15, 0.2) is 47.6 Å². The molecule has 0 aliphatic heterocycles. The second-order valence-corrected chi connectivity index (χ2v) is 6.23. The molecule has 0 aliphatic carbocycles. The number of alkyl halides is 2. The Labute approximate surface area is 171 Å². The summed E-state index contributed by atoms with van der Waals surface area (Å²) in [6.07, 6.45) is 1.83. The van der Waals surface area contributed by atoms with Gasteiger partial charge in [-0.1, -0.05) is 24.3 Å². The van der Waals surface area contributed by atoms with E-state index in [2.05, 4.69) is 44.1 Å². The molecule has 0 spiro atoms. The van der Waals surface area contributed by atoms with Gasteiger partial charge in [0.25, 0.3) is 0 Å².